The van der Waals surface area contributed by atoms with Crippen molar-refractivity contribution in [2.45, 2.75) is 5.41 Å². The van der Waals surface area contributed by atoms with E-state index in [4.69, 9.17) is 15.0 Å². The molecule has 2 aromatic heterocycles. The molecule has 1 aliphatic heterocycles. The Morgan fingerprint density at radius 1 is 0.385 bits per heavy atom. The highest BCUT2D eigenvalue weighted by Crippen LogP contribution is 2.63. The van der Waals surface area contributed by atoms with Gasteiger partial charge < -0.3 is 9.47 Å². The van der Waals surface area contributed by atoms with Crippen LogP contribution in [0.15, 0.2) is 218 Å². The molecule has 1 aliphatic carbocycles. The minimum Gasteiger partial charge on any atom is -0.310 e. The Bertz CT molecular complexity index is 3590. The standard InChI is InChI=1S/C59H36N6/c60-37-38-33-41(58-62-56(39-17-3-1-4-18-39)61-57(63-58)40-19-5-2-6-20-40)35-43(34-38)65-54-29-15-11-25-50(54)59(51-26-12-16-30-55(51)65)48-24-10-7-21-44(48)47-36-42(31-32-49(47)59)64-52-27-13-8-22-45(52)46-23-9-14-28-53(46)64/h1-36H. The van der Waals surface area contributed by atoms with Crippen LogP contribution in [-0.2, 0) is 5.41 Å². The quantitative estimate of drug-likeness (QED) is 0.173. The largest absolute Gasteiger partial charge is 0.310 e. The molecule has 0 unspecified atom stereocenters. The summed E-state index contributed by atoms with van der Waals surface area (Å²) in [5.41, 5.74) is 16.0. The van der Waals surface area contributed by atoms with E-state index in [1.54, 1.807) is 0 Å². The number of hydrogen-bond acceptors (Lipinski definition) is 5. The maximum atomic E-state index is 10.7. The van der Waals surface area contributed by atoms with Crippen molar-refractivity contribution in [3.63, 3.8) is 0 Å². The van der Waals surface area contributed by atoms with Gasteiger partial charge in [0.1, 0.15) is 0 Å². The van der Waals surface area contributed by atoms with Crippen molar-refractivity contribution in [1.82, 2.24) is 19.5 Å². The molecule has 0 atom stereocenters. The van der Waals surface area contributed by atoms with Crippen molar-refractivity contribution in [2.24, 2.45) is 0 Å². The maximum absolute atomic E-state index is 10.7. The highest BCUT2D eigenvalue weighted by Gasteiger charge is 2.51. The first-order chi connectivity index (χ1) is 32.2. The molecular weight excluding hydrogens is 793 g/mol. The van der Waals surface area contributed by atoms with Gasteiger partial charge in [0.15, 0.2) is 17.5 Å². The molecule has 0 bridgehead atoms. The number of anilines is 3. The zero-order valence-electron chi connectivity index (χ0n) is 35.0. The summed E-state index contributed by atoms with van der Waals surface area (Å²) in [6.07, 6.45) is 0. The number of hydrogen-bond donors (Lipinski definition) is 0. The second-order valence-electron chi connectivity index (χ2n) is 16.7. The summed E-state index contributed by atoms with van der Waals surface area (Å²) in [5.74, 6) is 1.62. The predicted molar refractivity (Wildman–Crippen MR) is 261 cm³/mol. The topological polar surface area (TPSA) is 70.6 Å². The van der Waals surface area contributed by atoms with Crippen LogP contribution in [0.5, 0.6) is 0 Å². The first-order valence-corrected chi connectivity index (χ1v) is 21.8. The average Bonchev–Trinajstić information content (AvgIpc) is 3.87. The van der Waals surface area contributed by atoms with Crippen LogP contribution in [0, 0.1) is 11.3 Å². The summed E-state index contributed by atoms with van der Waals surface area (Å²) in [5, 5.41) is 13.1. The van der Waals surface area contributed by atoms with Crippen molar-refractivity contribution in [1.29, 1.82) is 5.26 Å². The number of aromatic nitrogens is 4. The Hall–Kier alpha value is -8.92. The molecule has 0 saturated heterocycles. The second kappa shape index (κ2) is 14.3. The molecule has 13 rings (SSSR count). The van der Waals surface area contributed by atoms with Crippen LogP contribution in [0.25, 0.3) is 72.8 Å². The molecule has 1 spiro atoms. The number of benzene rings is 9. The minimum absolute atomic E-state index is 0.490. The van der Waals surface area contributed by atoms with Crippen LogP contribution in [0.3, 0.4) is 0 Å². The zero-order valence-corrected chi connectivity index (χ0v) is 35.0. The molecule has 302 valence electrons. The third-order valence-corrected chi connectivity index (χ3v) is 13.2. The highest BCUT2D eigenvalue weighted by atomic mass is 15.2. The van der Waals surface area contributed by atoms with Gasteiger partial charge in [-0.05, 0) is 88.0 Å². The summed E-state index contributed by atoms with van der Waals surface area (Å²) in [7, 11) is 0. The molecule has 6 nitrogen and oxygen atoms in total. The van der Waals surface area contributed by atoms with Crippen LogP contribution in [0.4, 0.5) is 17.1 Å². The monoisotopic (exact) mass is 828 g/mol. The van der Waals surface area contributed by atoms with Gasteiger partial charge in [-0.3, -0.25) is 0 Å². The first kappa shape index (κ1) is 36.7. The molecule has 65 heavy (non-hydrogen) atoms. The summed E-state index contributed by atoms with van der Waals surface area (Å²) < 4.78 is 2.40. The summed E-state index contributed by atoms with van der Waals surface area (Å²) in [6.45, 7) is 0. The third-order valence-electron chi connectivity index (χ3n) is 13.2. The van der Waals surface area contributed by atoms with Crippen molar-refractivity contribution >= 4 is 38.9 Å². The molecule has 9 aromatic carbocycles. The number of para-hydroxylation sites is 4. The first-order valence-electron chi connectivity index (χ1n) is 21.8. The fourth-order valence-corrected chi connectivity index (χ4v) is 10.6. The third kappa shape index (κ3) is 5.43. The van der Waals surface area contributed by atoms with Crippen LogP contribution in [0.2, 0.25) is 0 Å². The van der Waals surface area contributed by atoms with E-state index in [0.29, 0.717) is 23.0 Å². The van der Waals surface area contributed by atoms with Gasteiger partial charge in [-0.2, -0.15) is 5.26 Å². The fraction of sp³-hybridized carbons (Fsp3) is 0.0169. The summed E-state index contributed by atoms with van der Waals surface area (Å²) >= 11 is 0. The molecule has 0 saturated carbocycles. The molecular formula is C59H36N6. The number of rotatable bonds is 5. The Morgan fingerprint density at radius 3 is 1.48 bits per heavy atom. The predicted octanol–water partition coefficient (Wildman–Crippen LogP) is 14.0. The lowest BCUT2D eigenvalue weighted by molar-refractivity contribution is 0.752. The smallest absolute Gasteiger partial charge is 0.164 e. The van der Waals surface area contributed by atoms with Gasteiger partial charge in [-0.25, -0.2) is 15.0 Å². The van der Waals surface area contributed by atoms with Crippen molar-refractivity contribution < 1.29 is 0 Å². The van der Waals surface area contributed by atoms with E-state index in [1.165, 1.54) is 44.1 Å². The summed E-state index contributed by atoms with van der Waals surface area (Å²) in [4.78, 5) is 17.4. The van der Waals surface area contributed by atoms with Crippen LogP contribution < -0.4 is 4.90 Å². The van der Waals surface area contributed by atoms with Gasteiger partial charge in [-0.15, -0.1) is 0 Å². The molecule has 0 fully saturated rings. The lowest BCUT2D eigenvalue weighted by Crippen LogP contribution is -2.36. The average molecular weight is 829 g/mol. The SMILES string of the molecule is N#Cc1cc(-c2nc(-c3ccccc3)nc(-c3ccccc3)n2)cc(N2c3ccccc3C3(c4ccccc4-c4cc(-n5c6ccccc6c6ccccc65)ccc43)c3ccccc32)c1. The minimum atomic E-state index is -0.631. The van der Waals surface area contributed by atoms with Crippen LogP contribution >= 0.6 is 0 Å². The van der Waals surface area contributed by atoms with Gasteiger partial charge in [-0.1, -0.05) is 164 Å². The van der Waals surface area contributed by atoms with Crippen LogP contribution in [-0.4, -0.2) is 19.5 Å². The number of nitriles is 1. The van der Waals surface area contributed by atoms with Crippen LogP contribution in [0.1, 0.15) is 27.8 Å². The molecule has 0 amide bonds. The van der Waals surface area contributed by atoms with Gasteiger partial charge in [0.05, 0.1) is 39.5 Å². The van der Waals surface area contributed by atoms with E-state index in [0.717, 1.165) is 50.6 Å². The molecule has 2 aliphatic rings. The molecule has 0 N–H and O–H groups in total. The van der Waals surface area contributed by atoms with E-state index < -0.39 is 5.41 Å². The molecule has 11 aromatic rings. The Morgan fingerprint density at radius 2 is 0.877 bits per heavy atom. The Kier molecular flexibility index (Phi) is 8.08. The van der Waals surface area contributed by atoms with E-state index in [2.05, 4.69) is 161 Å². The lowest BCUT2D eigenvalue weighted by Gasteiger charge is -2.45. The van der Waals surface area contributed by atoms with Gasteiger partial charge >= 0.3 is 0 Å². The highest BCUT2D eigenvalue weighted by molar-refractivity contribution is 6.09. The summed E-state index contributed by atoms with van der Waals surface area (Å²) in [6, 6.07) is 79.2. The normalized spacial score (nSPS) is 13.0. The van der Waals surface area contributed by atoms with Gasteiger partial charge in [0.25, 0.3) is 0 Å². The van der Waals surface area contributed by atoms with E-state index >= 15 is 0 Å². The number of fused-ring (bicyclic) bond motifs is 12. The second-order valence-corrected chi connectivity index (χ2v) is 16.7. The van der Waals surface area contributed by atoms with Gasteiger partial charge in [0, 0.05) is 38.8 Å². The Labute approximate surface area is 375 Å². The lowest BCUT2D eigenvalue weighted by atomic mass is 9.64. The van der Waals surface area contributed by atoms with Gasteiger partial charge in [0.2, 0.25) is 0 Å². The fourth-order valence-electron chi connectivity index (χ4n) is 10.6. The molecule has 3 heterocycles. The molecule has 0 radical (unpaired) electrons. The van der Waals surface area contributed by atoms with E-state index in [-0.39, 0.29) is 0 Å². The zero-order chi connectivity index (χ0) is 43.1. The van der Waals surface area contributed by atoms with E-state index in [1.807, 2.05) is 72.8 Å². The van der Waals surface area contributed by atoms with Crippen molar-refractivity contribution in [3.05, 3.63) is 246 Å². The maximum Gasteiger partial charge on any atom is 0.164 e. The van der Waals surface area contributed by atoms with Crippen molar-refractivity contribution in [2.75, 3.05) is 4.90 Å². The van der Waals surface area contributed by atoms with E-state index in [9.17, 15) is 5.26 Å². The number of nitrogens with zero attached hydrogens (tertiary/aromatic N) is 6. The van der Waals surface area contributed by atoms with Crippen molar-refractivity contribution in [3.8, 4) is 57.0 Å². The Balaban J connectivity index is 1.02. The molecule has 6 heteroatoms.